The van der Waals surface area contributed by atoms with Gasteiger partial charge in [0.25, 0.3) is 0 Å². The van der Waals surface area contributed by atoms with E-state index >= 15 is 0 Å². The van der Waals surface area contributed by atoms with E-state index in [1.807, 2.05) is 7.05 Å². The van der Waals surface area contributed by atoms with Gasteiger partial charge in [-0.25, -0.2) is 4.98 Å². The van der Waals surface area contributed by atoms with Gasteiger partial charge in [-0.2, -0.15) is 5.10 Å². The summed E-state index contributed by atoms with van der Waals surface area (Å²) in [6.45, 7) is 0.668. The minimum absolute atomic E-state index is 0.226. The number of aromatic nitrogens is 3. The van der Waals surface area contributed by atoms with Crippen molar-refractivity contribution >= 4 is 22.7 Å². The van der Waals surface area contributed by atoms with Gasteiger partial charge in [-0.1, -0.05) is 12.1 Å². The Hall–Kier alpha value is -1.50. The van der Waals surface area contributed by atoms with Gasteiger partial charge in [0, 0.05) is 16.8 Å². The first-order valence-electron chi connectivity index (χ1n) is 5.97. The van der Waals surface area contributed by atoms with E-state index < -0.39 is 0 Å². The van der Waals surface area contributed by atoms with Crippen LogP contribution in [-0.4, -0.2) is 14.8 Å². The van der Waals surface area contributed by atoms with Gasteiger partial charge < -0.3 is 0 Å². The monoisotopic (exact) mass is 290 g/mol. The van der Waals surface area contributed by atoms with Crippen LogP contribution in [0.1, 0.15) is 21.6 Å². The van der Waals surface area contributed by atoms with E-state index in [4.69, 9.17) is 0 Å². The molecule has 1 N–H and O–H groups in total. The Labute approximate surface area is 119 Å². The van der Waals surface area contributed by atoms with Crippen molar-refractivity contribution in [1.29, 1.82) is 0 Å². The molecule has 3 aromatic rings. The van der Waals surface area contributed by atoms with Crippen molar-refractivity contribution in [3.8, 4) is 0 Å². The van der Waals surface area contributed by atoms with Crippen LogP contribution in [0, 0.1) is 0 Å². The number of aryl methyl sites for hydroxylation is 1. The van der Waals surface area contributed by atoms with Crippen molar-refractivity contribution in [2.45, 2.75) is 12.6 Å². The molecule has 0 saturated carbocycles. The van der Waals surface area contributed by atoms with Crippen molar-refractivity contribution in [3.63, 3.8) is 0 Å². The van der Waals surface area contributed by atoms with Crippen LogP contribution in [0.5, 0.6) is 0 Å². The van der Waals surface area contributed by atoms with E-state index in [0.29, 0.717) is 6.54 Å². The Morgan fingerprint density at radius 3 is 2.37 bits per heavy atom. The fourth-order valence-corrected chi connectivity index (χ4v) is 3.62. The summed E-state index contributed by atoms with van der Waals surface area (Å²) in [5.74, 6) is 0.820. The molecule has 0 unspecified atom stereocenters. The third kappa shape index (κ3) is 2.91. The lowest BCUT2D eigenvalue weighted by molar-refractivity contribution is 0.595. The number of rotatable bonds is 5. The molecule has 6 heteroatoms. The Balaban J connectivity index is 1.77. The van der Waals surface area contributed by atoms with Gasteiger partial charge >= 0.3 is 0 Å². The molecule has 98 valence electrons. The lowest BCUT2D eigenvalue weighted by Crippen LogP contribution is -2.21. The number of nitrogens with one attached hydrogen (secondary N) is 1. The summed E-state index contributed by atoms with van der Waals surface area (Å²) in [6.07, 6.45) is 1.72. The van der Waals surface area contributed by atoms with Crippen molar-refractivity contribution in [2.75, 3.05) is 0 Å². The van der Waals surface area contributed by atoms with Crippen molar-refractivity contribution in [3.05, 3.63) is 56.9 Å². The molecular formula is C13H14N4S2. The van der Waals surface area contributed by atoms with Gasteiger partial charge in [0.1, 0.15) is 6.33 Å². The molecule has 4 nitrogen and oxygen atoms in total. The smallest absolute Gasteiger partial charge is 0.164 e. The van der Waals surface area contributed by atoms with Gasteiger partial charge in [-0.3, -0.25) is 10.00 Å². The molecule has 0 aliphatic carbocycles. The molecular weight excluding hydrogens is 276 g/mol. The quantitative estimate of drug-likeness (QED) is 0.785. The van der Waals surface area contributed by atoms with Crippen molar-refractivity contribution < 1.29 is 0 Å². The van der Waals surface area contributed by atoms with Crippen LogP contribution in [0.2, 0.25) is 0 Å². The Kier molecular flexibility index (Phi) is 3.72. The molecule has 0 bridgehead atoms. The molecule has 0 spiro atoms. The number of hydrogen-bond acceptors (Lipinski definition) is 5. The Morgan fingerprint density at radius 1 is 1.21 bits per heavy atom. The second-order valence-corrected chi connectivity index (χ2v) is 6.14. The van der Waals surface area contributed by atoms with E-state index in [1.54, 1.807) is 33.7 Å². The first kappa shape index (κ1) is 12.5. The van der Waals surface area contributed by atoms with E-state index in [9.17, 15) is 0 Å². The molecule has 0 aromatic carbocycles. The average molecular weight is 290 g/mol. The zero-order valence-electron chi connectivity index (χ0n) is 10.5. The first-order valence-corrected chi connectivity index (χ1v) is 7.73. The standard InChI is InChI=1S/C13H14N4S2/c1-17-9-15-12(16-17)8-14-13(10-4-2-6-18-10)11-5-3-7-19-11/h2-7,9,13-14H,8H2,1H3. The highest BCUT2D eigenvalue weighted by Crippen LogP contribution is 2.29. The first-order chi connectivity index (χ1) is 9.33. The van der Waals surface area contributed by atoms with Gasteiger partial charge in [-0.05, 0) is 22.9 Å². The summed E-state index contributed by atoms with van der Waals surface area (Å²) in [6, 6.07) is 8.72. The molecule has 0 atom stereocenters. The summed E-state index contributed by atoms with van der Waals surface area (Å²) >= 11 is 3.54. The molecule has 0 fully saturated rings. The zero-order valence-corrected chi connectivity index (χ0v) is 12.1. The third-order valence-corrected chi connectivity index (χ3v) is 4.64. The van der Waals surface area contributed by atoms with Gasteiger partial charge in [0.2, 0.25) is 0 Å². The third-order valence-electron chi connectivity index (χ3n) is 2.77. The molecule has 19 heavy (non-hydrogen) atoms. The second-order valence-electron chi connectivity index (χ2n) is 4.18. The van der Waals surface area contributed by atoms with Gasteiger partial charge in [0.05, 0.1) is 12.6 Å². The highest BCUT2D eigenvalue weighted by molar-refractivity contribution is 7.11. The predicted octanol–water partition coefficient (Wildman–Crippen LogP) is 2.82. The maximum absolute atomic E-state index is 4.30. The summed E-state index contributed by atoms with van der Waals surface area (Å²) in [7, 11) is 1.88. The van der Waals surface area contributed by atoms with E-state index in [2.05, 4.69) is 50.4 Å². The van der Waals surface area contributed by atoms with Crippen LogP contribution in [0.3, 0.4) is 0 Å². The Bertz CT molecular complexity index is 579. The van der Waals surface area contributed by atoms with E-state index in [0.717, 1.165) is 5.82 Å². The number of thiophene rings is 2. The maximum atomic E-state index is 4.30. The minimum atomic E-state index is 0.226. The van der Waals surface area contributed by atoms with E-state index in [-0.39, 0.29) is 6.04 Å². The fourth-order valence-electron chi connectivity index (χ4n) is 1.91. The topological polar surface area (TPSA) is 42.7 Å². The molecule has 0 aliphatic heterocycles. The molecule has 0 amide bonds. The lowest BCUT2D eigenvalue weighted by Gasteiger charge is -2.14. The summed E-state index contributed by atoms with van der Waals surface area (Å²) in [5, 5.41) is 12.0. The fraction of sp³-hybridized carbons (Fsp3) is 0.231. The van der Waals surface area contributed by atoms with Crippen molar-refractivity contribution in [2.24, 2.45) is 7.05 Å². The highest BCUT2D eigenvalue weighted by Gasteiger charge is 2.16. The van der Waals surface area contributed by atoms with Gasteiger partial charge in [-0.15, -0.1) is 22.7 Å². The van der Waals surface area contributed by atoms with Gasteiger partial charge in [0.15, 0.2) is 5.82 Å². The molecule has 0 radical (unpaired) electrons. The Morgan fingerprint density at radius 2 is 1.89 bits per heavy atom. The second kappa shape index (κ2) is 5.64. The van der Waals surface area contributed by atoms with Crippen molar-refractivity contribution in [1.82, 2.24) is 20.1 Å². The molecule has 0 saturated heterocycles. The normalized spacial score (nSPS) is 11.3. The van der Waals surface area contributed by atoms with Crippen LogP contribution >= 0.6 is 22.7 Å². The summed E-state index contributed by atoms with van der Waals surface area (Å²) in [4.78, 5) is 6.88. The summed E-state index contributed by atoms with van der Waals surface area (Å²) < 4.78 is 1.72. The molecule has 3 rings (SSSR count). The predicted molar refractivity (Wildman–Crippen MR) is 78.3 cm³/mol. The van der Waals surface area contributed by atoms with Crippen LogP contribution in [0.4, 0.5) is 0 Å². The zero-order chi connectivity index (χ0) is 13.1. The minimum Gasteiger partial charge on any atom is -0.298 e. The molecule has 3 aromatic heterocycles. The maximum Gasteiger partial charge on any atom is 0.164 e. The average Bonchev–Trinajstić information content (AvgIpc) is 3.11. The van der Waals surface area contributed by atoms with Crippen LogP contribution in [-0.2, 0) is 13.6 Å². The van der Waals surface area contributed by atoms with Crippen LogP contribution < -0.4 is 5.32 Å². The molecule has 3 heterocycles. The van der Waals surface area contributed by atoms with E-state index in [1.165, 1.54) is 9.75 Å². The highest BCUT2D eigenvalue weighted by atomic mass is 32.1. The number of hydrogen-bond donors (Lipinski definition) is 1. The lowest BCUT2D eigenvalue weighted by atomic mass is 10.2. The number of nitrogens with zero attached hydrogens (tertiary/aromatic N) is 3. The van der Waals surface area contributed by atoms with Crippen LogP contribution in [0.25, 0.3) is 0 Å². The SMILES string of the molecule is Cn1cnc(CNC(c2cccs2)c2cccs2)n1. The molecule has 0 aliphatic rings. The summed E-state index contributed by atoms with van der Waals surface area (Å²) in [5.41, 5.74) is 0. The van der Waals surface area contributed by atoms with Crippen LogP contribution in [0.15, 0.2) is 41.4 Å². The largest absolute Gasteiger partial charge is 0.298 e.